The lowest BCUT2D eigenvalue weighted by molar-refractivity contribution is -0.0461. The molecule has 0 amide bonds. The van der Waals surface area contributed by atoms with Gasteiger partial charge in [0.1, 0.15) is 0 Å². The molecule has 0 aliphatic heterocycles. The van der Waals surface area contributed by atoms with E-state index in [0.717, 1.165) is 67.6 Å². The summed E-state index contributed by atoms with van der Waals surface area (Å²) in [5.74, 6) is 5.14. The highest BCUT2D eigenvalue weighted by molar-refractivity contribution is 5.22. The molecule has 2 heteroatoms. The highest BCUT2D eigenvalue weighted by Gasteiger charge is 2.57. The summed E-state index contributed by atoms with van der Waals surface area (Å²) in [7, 11) is 0. The Morgan fingerprint density at radius 3 is 2.60 bits per heavy atom. The predicted octanol–water partition coefficient (Wildman–Crippen LogP) is 6.89. The molecule has 30 heavy (non-hydrogen) atoms. The first-order chi connectivity index (χ1) is 14.3. The fraction of sp³-hybridized carbons (Fsp3) is 0.929. The molecule has 0 spiro atoms. The van der Waals surface area contributed by atoms with Crippen molar-refractivity contribution in [3.63, 3.8) is 0 Å². The lowest BCUT2D eigenvalue weighted by Gasteiger charge is -2.55. The Kier molecular flexibility index (Phi) is 6.77. The van der Waals surface area contributed by atoms with Gasteiger partial charge in [-0.15, -0.1) is 0 Å². The standard InChI is InChI=1S/C28H48O2/c1-5-21(29)9-7-8-19(3)25-12-13-26-24-11-10-20-18-28(30,6-2)17-15-22(20)23(24)14-16-27(25,26)4/h10,19,21-26,29-30H,5-9,11-18H2,1-4H3/t19?,21-,22-,23+,24+,25+,26-,27+,28-/m0/s1. The first-order valence-electron chi connectivity index (χ1n) is 13.4. The molecule has 2 N–H and O–H groups in total. The maximum atomic E-state index is 10.9. The predicted molar refractivity (Wildman–Crippen MR) is 125 cm³/mol. The maximum Gasteiger partial charge on any atom is 0.0682 e. The Morgan fingerprint density at radius 1 is 1.07 bits per heavy atom. The summed E-state index contributed by atoms with van der Waals surface area (Å²) in [5, 5.41) is 20.8. The van der Waals surface area contributed by atoms with Crippen molar-refractivity contribution in [2.24, 2.45) is 40.9 Å². The summed E-state index contributed by atoms with van der Waals surface area (Å²) in [4.78, 5) is 0. The molecule has 4 aliphatic carbocycles. The molecule has 0 saturated heterocycles. The molecule has 172 valence electrons. The Bertz CT molecular complexity index is 626. The van der Waals surface area contributed by atoms with E-state index in [9.17, 15) is 10.2 Å². The van der Waals surface area contributed by atoms with Crippen molar-refractivity contribution < 1.29 is 10.2 Å². The van der Waals surface area contributed by atoms with E-state index in [1.807, 2.05) is 0 Å². The second-order valence-electron chi connectivity index (χ2n) is 12.0. The Morgan fingerprint density at radius 2 is 1.87 bits per heavy atom. The van der Waals surface area contributed by atoms with Crippen LogP contribution in [-0.4, -0.2) is 21.9 Å². The molecule has 4 rings (SSSR count). The summed E-state index contributed by atoms with van der Waals surface area (Å²) in [6.45, 7) is 9.41. The lowest BCUT2D eigenvalue weighted by atomic mass is 9.50. The van der Waals surface area contributed by atoms with Crippen LogP contribution in [0.4, 0.5) is 0 Å². The maximum absolute atomic E-state index is 10.9. The fourth-order valence-corrected chi connectivity index (χ4v) is 8.72. The zero-order valence-corrected chi connectivity index (χ0v) is 20.2. The number of hydrogen-bond acceptors (Lipinski definition) is 2. The third kappa shape index (κ3) is 4.05. The van der Waals surface area contributed by atoms with E-state index < -0.39 is 5.60 Å². The topological polar surface area (TPSA) is 40.5 Å². The van der Waals surface area contributed by atoms with Gasteiger partial charge in [-0.1, -0.05) is 52.2 Å². The molecule has 0 heterocycles. The molecule has 2 nitrogen and oxygen atoms in total. The molecule has 9 atom stereocenters. The largest absolute Gasteiger partial charge is 0.393 e. The van der Waals surface area contributed by atoms with E-state index in [0.29, 0.717) is 5.41 Å². The SMILES string of the molecule is CC[C@H](O)CCCC(C)[C@H]1CC[C@H]2[C@@H]3CC=C4C[C@](O)(CC)CC[C@@H]4[C@H]3CC[C@]12C. The Labute approximate surface area is 185 Å². The van der Waals surface area contributed by atoms with Crippen molar-refractivity contribution in [1.82, 2.24) is 0 Å². The molecular weight excluding hydrogens is 368 g/mol. The van der Waals surface area contributed by atoms with Crippen LogP contribution in [0.1, 0.15) is 111 Å². The molecule has 0 aromatic heterocycles. The van der Waals surface area contributed by atoms with Crippen LogP contribution >= 0.6 is 0 Å². The van der Waals surface area contributed by atoms with Gasteiger partial charge in [-0.05, 0) is 112 Å². The van der Waals surface area contributed by atoms with Crippen LogP contribution in [0.25, 0.3) is 0 Å². The van der Waals surface area contributed by atoms with Crippen LogP contribution in [0.3, 0.4) is 0 Å². The molecule has 3 fully saturated rings. The summed E-state index contributed by atoms with van der Waals surface area (Å²) in [6.07, 6.45) is 17.9. The summed E-state index contributed by atoms with van der Waals surface area (Å²) in [6, 6.07) is 0. The Hall–Kier alpha value is -0.340. The van der Waals surface area contributed by atoms with Crippen molar-refractivity contribution in [3.05, 3.63) is 11.6 Å². The van der Waals surface area contributed by atoms with Crippen LogP contribution in [0.5, 0.6) is 0 Å². The van der Waals surface area contributed by atoms with Crippen molar-refractivity contribution >= 4 is 0 Å². The highest BCUT2D eigenvalue weighted by Crippen LogP contribution is 2.65. The number of aliphatic hydroxyl groups excluding tert-OH is 1. The Balaban J connectivity index is 1.42. The van der Waals surface area contributed by atoms with E-state index in [2.05, 4.69) is 33.8 Å². The second-order valence-corrected chi connectivity index (χ2v) is 12.0. The van der Waals surface area contributed by atoms with Gasteiger partial charge >= 0.3 is 0 Å². The van der Waals surface area contributed by atoms with E-state index >= 15 is 0 Å². The van der Waals surface area contributed by atoms with E-state index in [1.165, 1.54) is 51.4 Å². The van der Waals surface area contributed by atoms with Crippen molar-refractivity contribution in [3.8, 4) is 0 Å². The van der Waals surface area contributed by atoms with Crippen LogP contribution in [-0.2, 0) is 0 Å². The highest BCUT2D eigenvalue weighted by atomic mass is 16.3. The van der Waals surface area contributed by atoms with Crippen molar-refractivity contribution in [2.75, 3.05) is 0 Å². The molecule has 3 saturated carbocycles. The van der Waals surface area contributed by atoms with Crippen LogP contribution in [0, 0.1) is 40.9 Å². The number of rotatable bonds is 7. The summed E-state index contributed by atoms with van der Waals surface area (Å²) in [5.41, 5.74) is 1.74. The van der Waals surface area contributed by atoms with Gasteiger partial charge in [-0.25, -0.2) is 0 Å². The third-order valence-corrected chi connectivity index (χ3v) is 10.7. The van der Waals surface area contributed by atoms with E-state index in [-0.39, 0.29) is 6.10 Å². The minimum Gasteiger partial charge on any atom is -0.393 e. The second kappa shape index (κ2) is 8.89. The monoisotopic (exact) mass is 416 g/mol. The minimum atomic E-state index is -0.419. The number of fused-ring (bicyclic) bond motifs is 5. The number of allylic oxidation sites excluding steroid dienone is 1. The molecule has 4 aliphatic rings. The summed E-state index contributed by atoms with van der Waals surface area (Å²) < 4.78 is 0. The quantitative estimate of drug-likeness (QED) is 0.443. The van der Waals surface area contributed by atoms with Gasteiger partial charge in [0.15, 0.2) is 0 Å². The van der Waals surface area contributed by atoms with Crippen LogP contribution in [0.2, 0.25) is 0 Å². The van der Waals surface area contributed by atoms with Crippen molar-refractivity contribution in [2.45, 2.75) is 123 Å². The number of aliphatic hydroxyl groups is 2. The van der Waals surface area contributed by atoms with E-state index in [4.69, 9.17) is 0 Å². The molecule has 0 radical (unpaired) electrons. The average Bonchev–Trinajstić information content (AvgIpc) is 3.10. The zero-order valence-electron chi connectivity index (χ0n) is 20.2. The molecule has 0 bridgehead atoms. The van der Waals surface area contributed by atoms with Crippen LogP contribution < -0.4 is 0 Å². The summed E-state index contributed by atoms with van der Waals surface area (Å²) >= 11 is 0. The lowest BCUT2D eigenvalue weighted by Crippen LogP contribution is -2.48. The normalized spacial score (nSPS) is 45.1. The molecule has 0 aromatic carbocycles. The van der Waals surface area contributed by atoms with Gasteiger partial charge in [0.05, 0.1) is 11.7 Å². The third-order valence-electron chi connectivity index (χ3n) is 10.7. The molecule has 1 unspecified atom stereocenters. The first kappa shape index (κ1) is 22.8. The van der Waals surface area contributed by atoms with Gasteiger partial charge < -0.3 is 10.2 Å². The molecule has 0 aromatic rings. The van der Waals surface area contributed by atoms with Gasteiger partial charge in [0.2, 0.25) is 0 Å². The first-order valence-corrected chi connectivity index (χ1v) is 13.4. The fourth-order valence-electron chi connectivity index (χ4n) is 8.72. The smallest absolute Gasteiger partial charge is 0.0682 e. The van der Waals surface area contributed by atoms with Gasteiger partial charge in [-0.3, -0.25) is 0 Å². The molecular formula is C28H48O2. The van der Waals surface area contributed by atoms with Crippen LogP contribution in [0.15, 0.2) is 11.6 Å². The number of hydrogen-bond donors (Lipinski definition) is 2. The van der Waals surface area contributed by atoms with Gasteiger partial charge in [0.25, 0.3) is 0 Å². The van der Waals surface area contributed by atoms with Gasteiger partial charge in [-0.2, -0.15) is 0 Å². The van der Waals surface area contributed by atoms with Crippen molar-refractivity contribution in [1.29, 1.82) is 0 Å². The zero-order chi connectivity index (χ0) is 21.5. The minimum absolute atomic E-state index is 0.0939. The average molecular weight is 417 g/mol. The van der Waals surface area contributed by atoms with E-state index in [1.54, 1.807) is 5.57 Å². The van der Waals surface area contributed by atoms with Gasteiger partial charge in [0, 0.05) is 0 Å².